The van der Waals surface area contributed by atoms with Gasteiger partial charge in [0.2, 0.25) is 0 Å². The predicted molar refractivity (Wildman–Crippen MR) is 44.7 cm³/mol. The van der Waals surface area contributed by atoms with Crippen LogP contribution in [0, 0.1) is 0 Å². The number of carbonyl (C=O) groups is 1. The van der Waals surface area contributed by atoms with Gasteiger partial charge in [0.15, 0.2) is 0 Å². The summed E-state index contributed by atoms with van der Waals surface area (Å²) in [4.78, 5) is 10.9. The second-order valence-corrected chi connectivity index (χ2v) is 2.82. The fourth-order valence-electron chi connectivity index (χ4n) is 0.933. The topological polar surface area (TPSA) is 38.8 Å². The predicted octanol–water partition coefficient (Wildman–Crippen LogP) is 1.28. The summed E-state index contributed by atoms with van der Waals surface area (Å²) >= 11 is 0. The summed E-state index contributed by atoms with van der Waals surface area (Å²) in [5.41, 5.74) is 0. The molecule has 0 aliphatic carbocycles. The van der Waals surface area contributed by atoms with Crippen molar-refractivity contribution in [3.05, 3.63) is 12.7 Å². The van der Waals surface area contributed by atoms with Gasteiger partial charge in [0.25, 0.3) is 0 Å². The Morgan fingerprint density at radius 3 is 3.08 bits per heavy atom. The minimum atomic E-state index is -0.143. The Balaban J connectivity index is 1.89. The minimum absolute atomic E-state index is 0.143. The largest absolute Gasteiger partial charge is 0.461 e. The molecule has 1 unspecified atom stereocenters. The summed E-state index contributed by atoms with van der Waals surface area (Å²) in [6.07, 6.45) is 4.32. The highest BCUT2D eigenvalue weighted by Crippen LogP contribution is 2.16. The molecule has 0 amide bonds. The molecule has 0 bridgehead atoms. The summed E-state index contributed by atoms with van der Waals surface area (Å²) in [7, 11) is 0. The molecule has 0 radical (unpaired) electrons. The fraction of sp³-hybridized carbons (Fsp3) is 0.667. The van der Waals surface area contributed by atoms with E-state index in [0.29, 0.717) is 19.1 Å². The Kier molecular flexibility index (Phi) is 3.80. The van der Waals surface area contributed by atoms with E-state index in [2.05, 4.69) is 6.58 Å². The second kappa shape index (κ2) is 4.93. The van der Waals surface area contributed by atoms with Gasteiger partial charge in [-0.25, -0.2) is 0 Å². The van der Waals surface area contributed by atoms with Gasteiger partial charge in [-0.1, -0.05) is 12.7 Å². The quantitative estimate of drug-likeness (QED) is 0.342. The number of esters is 1. The highest BCUT2D eigenvalue weighted by atomic mass is 16.6. The molecular weight excluding hydrogens is 156 g/mol. The van der Waals surface area contributed by atoms with Gasteiger partial charge < -0.3 is 9.47 Å². The van der Waals surface area contributed by atoms with E-state index < -0.39 is 0 Å². The molecule has 3 nitrogen and oxygen atoms in total. The van der Waals surface area contributed by atoms with Crippen molar-refractivity contribution in [1.82, 2.24) is 0 Å². The number of hydrogen-bond donors (Lipinski definition) is 0. The van der Waals surface area contributed by atoms with Crippen LogP contribution in [-0.2, 0) is 14.3 Å². The van der Waals surface area contributed by atoms with Crippen LogP contribution in [0.15, 0.2) is 12.7 Å². The highest BCUT2D eigenvalue weighted by molar-refractivity contribution is 5.69. The molecule has 1 aliphatic rings. The van der Waals surface area contributed by atoms with Crippen LogP contribution in [0.2, 0.25) is 0 Å². The van der Waals surface area contributed by atoms with Gasteiger partial charge in [-0.3, -0.25) is 4.79 Å². The number of rotatable bonds is 6. The maximum absolute atomic E-state index is 10.9. The molecule has 68 valence electrons. The van der Waals surface area contributed by atoms with Crippen molar-refractivity contribution in [3.8, 4) is 0 Å². The van der Waals surface area contributed by atoms with E-state index >= 15 is 0 Å². The summed E-state index contributed by atoms with van der Waals surface area (Å²) in [6, 6.07) is 0. The SMILES string of the molecule is C=CCOC(=O)CCCC1CO1. The molecule has 1 saturated heterocycles. The van der Waals surface area contributed by atoms with E-state index in [1.54, 1.807) is 6.08 Å². The van der Waals surface area contributed by atoms with E-state index in [0.717, 1.165) is 19.4 Å². The number of hydrogen-bond acceptors (Lipinski definition) is 3. The Labute approximate surface area is 72.4 Å². The Morgan fingerprint density at radius 1 is 1.75 bits per heavy atom. The van der Waals surface area contributed by atoms with Crippen molar-refractivity contribution in [1.29, 1.82) is 0 Å². The third kappa shape index (κ3) is 4.13. The van der Waals surface area contributed by atoms with Crippen molar-refractivity contribution in [2.75, 3.05) is 13.2 Å². The molecule has 0 saturated carbocycles. The van der Waals surface area contributed by atoms with Crippen LogP contribution in [0.4, 0.5) is 0 Å². The first-order chi connectivity index (χ1) is 5.83. The molecule has 0 spiro atoms. The van der Waals surface area contributed by atoms with E-state index in [-0.39, 0.29) is 5.97 Å². The minimum Gasteiger partial charge on any atom is -0.461 e. The van der Waals surface area contributed by atoms with Crippen LogP contribution in [0.1, 0.15) is 19.3 Å². The molecule has 0 aromatic rings. The first kappa shape index (κ1) is 9.26. The molecular formula is C9H14O3. The van der Waals surface area contributed by atoms with E-state index in [1.165, 1.54) is 0 Å². The zero-order valence-corrected chi connectivity index (χ0v) is 7.12. The van der Waals surface area contributed by atoms with Gasteiger partial charge in [-0.15, -0.1) is 0 Å². The lowest BCUT2D eigenvalue weighted by atomic mass is 10.2. The molecule has 1 fully saturated rings. The van der Waals surface area contributed by atoms with Gasteiger partial charge in [-0.2, -0.15) is 0 Å². The Morgan fingerprint density at radius 2 is 2.50 bits per heavy atom. The fourth-order valence-corrected chi connectivity index (χ4v) is 0.933. The van der Waals surface area contributed by atoms with Crippen LogP contribution < -0.4 is 0 Å². The smallest absolute Gasteiger partial charge is 0.306 e. The van der Waals surface area contributed by atoms with Crippen molar-refractivity contribution in [2.45, 2.75) is 25.4 Å². The molecule has 0 aromatic carbocycles. The maximum atomic E-state index is 10.9. The normalized spacial score (nSPS) is 20.2. The van der Waals surface area contributed by atoms with Crippen molar-refractivity contribution < 1.29 is 14.3 Å². The van der Waals surface area contributed by atoms with Crippen LogP contribution in [0.3, 0.4) is 0 Å². The zero-order valence-electron chi connectivity index (χ0n) is 7.12. The average molecular weight is 170 g/mol. The van der Waals surface area contributed by atoms with Crippen LogP contribution in [-0.4, -0.2) is 25.3 Å². The molecule has 0 aromatic heterocycles. The van der Waals surface area contributed by atoms with Gasteiger partial charge in [0, 0.05) is 6.42 Å². The van der Waals surface area contributed by atoms with Gasteiger partial charge in [0.1, 0.15) is 6.61 Å². The third-order valence-electron chi connectivity index (χ3n) is 1.67. The Bertz CT molecular complexity index is 161. The standard InChI is InChI=1S/C9H14O3/c1-2-6-11-9(10)5-3-4-8-7-12-8/h2,8H,1,3-7H2. The summed E-state index contributed by atoms with van der Waals surface area (Å²) < 4.78 is 9.80. The summed E-state index contributed by atoms with van der Waals surface area (Å²) in [6.45, 7) is 4.63. The molecule has 1 aliphatic heterocycles. The van der Waals surface area contributed by atoms with E-state index in [9.17, 15) is 4.79 Å². The first-order valence-corrected chi connectivity index (χ1v) is 4.21. The first-order valence-electron chi connectivity index (χ1n) is 4.21. The molecule has 12 heavy (non-hydrogen) atoms. The molecule has 0 N–H and O–H groups in total. The number of epoxide rings is 1. The molecule has 1 heterocycles. The van der Waals surface area contributed by atoms with Crippen LogP contribution in [0.25, 0.3) is 0 Å². The van der Waals surface area contributed by atoms with Gasteiger partial charge in [-0.05, 0) is 12.8 Å². The highest BCUT2D eigenvalue weighted by Gasteiger charge is 2.21. The van der Waals surface area contributed by atoms with Gasteiger partial charge in [0.05, 0.1) is 12.7 Å². The lowest BCUT2D eigenvalue weighted by molar-refractivity contribution is -0.142. The van der Waals surface area contributed by atoms with Crippen molar-refractivity contribution in [2.24, 2.45) is 0 Å². The van der Waals surface area contributed by atoms with Crippen molar-refractivity contribution in [3.63, 3.8) is 0 Å². The summed E-state index contributed by atoms with van der Waals surface area (Å²) in [5, 5.41) is 0. The lowest BCUT2D eigenvalue weighted by Gasteiger charge is -1.99. The summed E-state index contributed by atoms with van der Waals surface area (Å²) in [5.74, 6) is -0.143. The molecule has 3 heteroatoms. The van der Waals surface area contributed by atoms with Crippen molar-refractivity contribution >= 4 is 5.97 Å². The third-order valence-corrected chi connectivity index (χ3v) is 1.67. The van der Waals surface area contributed by atoms with Crippen LogP contribution in [0.5, 0.6) is 0 Å². The number of ether oxygens (including phenoxy) is 2. The lowest BCUT2D eigenvalue weighted by Crippen LogP contribution is -2.04. The Hall–Kier alpha value is -0.830. The average Bonchev–Trinajstić information content (AvgIpc) is 2.84. The monoisotopic (exact) mass is 170 g/mol. The van der Waals surface area contributed by atoms with Gasteiger partial charge >= 0.3 is 5.97 Å². The zero-order chi connectivity index (χ0) is 8.81. The van der Waals surface area contributed by atoms with E-state index in [1.807, 2.05) is 0 Å². The molecule has 1 atom stereocenters. The van der Waals surface area contributed by atoms with Crippen LogP contribution >= 0.6 is 0 Å². The second-order valence-electron chi connectivity index (χ2n) is 2.82. The molecule has 1 rings (SSSR count). The van der Waals surface area contributed by atoms with E-state index in [4.69, 9.17) is 9.47 Å². The number of carbonyl (C=O) groups excluding carboxylic acids is 1. The maximum Gasteiger partial charge on any atom is 0.306 e.